The summed E-state index contributed by atoms with van der Waals surface area (Å²) in [6, 6.07) is 10.6. The van der Waals surface area contributed by atoms with Crippen LogP contribution in [0, 0.1) is 13.8 Å². The highest BCUT2D eigenvalue weighted by molar-refractivity contribution is 5.85. The molecule has 2 aromatic heterocycles. The summed E-state index contributed by atoms with van der Waals surface area (Å²) in [4.78, 5) is 9.41. The van der Waals surface area contributed by atoms with Gasteiger partial charge in [0, 0.05) is 29.8 Å². The number of nitrogens with zero attached hydrogens (tertiary/aromatic N) is 5. The van der Waals surface area contributed by atoms with Crippen molar-refractivity contribution in [1.82, 2.24) is 30.0 Å². The highest BCUT2D eigenvalue weighted by atomic mass is 35.5. The van der Waals surface area contributed by atoms with Crippen molar-refractivity contribution in [2.45, 2.75) is 64.5 Å². The number of fused-ring (bicyclic) bond motifs is 3. The Morgan fingerprint density at radius 3 is 2.34 bits per heavy atom. The van der Waals surface area contributed by atoms with Gasteiger partial charge in [0.15, 0.2) is 5.82 Å². The topological polar surface area (TPSA) is 68.5 Å². The summed E-state index contributed by atoms with van der Waals surface area (Å²) >= 11 is 0. The Morgan fingerprint density at radius 2 is 1.59 bits per heavy atom. The zero-order valence-electron chi connectivity index (χ0n) is 16.9. The third-order valence-corrected chi connectivity index (χ3v) is 6.04. The van der Waals surface area contributed by atoms with Crippen LogP contribution in [0.1, 0.15) is 71.9 Å². The third kappa shape index (κ3) is 3.79. The SMILES string of the molecule is Cc1cc(C)nc(C2CCC(c3nnc4n3-c3ccccc3CNC4)CC2)n1.Cl. The number of hydrogen-bond donors (Lipinski definition) is 1. The molecule has 0 spiro atoms. The van der Waals surface area contributed by atoms with Gasteiger partial charge in [0.25, 0.3) is 0 Å². The van der Waals surface area contributed by atoms with Crippen molar-refractivity contribution >= 4 is 12.4 Å². The van der Waals surface area contributed by atoms with Crippen LogP contribution in [0.3, 0.4) is 0 Å². The minimum atomic E-state index is 0. The van der Waals surface area contributed by atoms with E-state index in [-0.39, 0.29) is 12.4 Å². The molecule has 7 heteroatoms. The fourth-order valence-electron chi connectivity index (χ4n) is 4.70. The molecule has 0 radical (unpaired) electrons. The van der Waals surface area contributed by atoms with Crippen molar-refractivity contribution in [1.29, 1.82) is 0 Å². The summed E-state index contributed by atoms with van der Waals surface area (Å²) in [5.41, 5.74) is 4.66. The zero-order chi connectivity index (χ0) is 19.1. The second kappa shape index (κ2) is 8.20. The van der Waals surface area contributed by atoms with Crippen LogP contribution in [0.2, 0.25) is 0 Å². The first-order valence-electron chi connectivity index (χ1n) is 10.2. The van der Waals surface area contributed by atoms with Gasteiger partial charge >= 0.3 is 0 Å². The Bertz CT molecular complexity index is 986. The molecule has 6 nitrogen and oxygen atoms in total. The predicted molar refractivity (Wildman–Crippen MR) is 115 cm³/mol. The smallest absolute Gasteiger partial charge is 0.151 e. The van der Waals surface area contributed by atoms with Gasteiger partial charge in [-0.3, -0.25) is 4.57 Å². The maximum absolute atomic E-state index is 4.71. The molecule has 1 aliphatic carbocycles. The van der Waals surface area contributed by atoms with Crippen LogP contribution in [-0.2, 0) is 13.1 Å². The Kier molecular flexibility index (Phi) is 5.65. The van der Waals surface area contributed by atoms with E-state index in [1.807, 2.05) is 6.07 Å². The first-order chi connectivity index (χ1) is 13.7. The van der Waals surface area contributed by atoms with E-state index in [1.54, 1.807) is 0 Å². The molecular formula is C22H27ClN6. The molecule has 1 N–H and O–H groups in total. The van der Waals surface area contributed by atoms with Crippen LogP contribution in [0.25, 0.3) is 5.69 Å². The van der Waals surface area contributed by atoms with Gasteiger partial charge in [-0.1, -0.05) is 18.2 Å². The Balaban J connectivity index is 0.00000205. The predicted octanol–water partition coefficient (Wildman–Crippen LogP) is 4.14. The molecule has 0 atom stereocenters. The molecule has 1 aromatic carbocycles. The van der Waals surface area contributed by atoms with Gasteiger partial charge in [-0.2, -0.15) is 0 Å². The highest BCUT2D eigenvalue weighted by Gasteiger charge is 2.30. The number of hydrogen-bond acceptors (Lipinski definition) is 5. The lowest BCUT2D eigenvalue weighted by Gasteiger charge is -2.28. The van der Waals surface area contributed by atoms with Gasteiger partial charge in [-0.25, -0.2) is 9.97 Å². The minimum Gasteiger partial charge on any atom is -0.306 e. The standard InChI is InChI=1S/C22H26N6.ClH/c1-14-11-15(2)25-21(24-14)16-7-9-17(10-8-16)22-27-26-20-13-23-12-18-5-3-4-6-19(18)28(20)22;/h3-6,11,16-17,23H,7-10,12-13H2,1-2H3;1H. The second-order valence-corrected chi connectivity index (χ2v) is 8.10. The molecule has 1 saturated carbocycles. The number of nitrogens with one attached hydrogen (secondary N) is 1. The maximum Gasteiger partial charge on any atom is 0.151 e. The van der Waals surface area contributed by atoms with Gasteiger partial charge in [0.05, 0.1) is 12.2 Å². The molecule has 1 fully saturated rings. The summed E-state index contributed by atoms with van der Waals surface area (Å²) in [5.74, 6) is 4.04. The number of benzene rings is 1. The van der Waals surface area contributed by atoms with E-state index in [0.29, 0.717) is 11.8 Å². The third-order valence-electron chi connectivity index (χ3n) is 6.04. The van der Waals surface area contributed by atoms with E-state index >= 15 is 0 Å². The van der Waals surface area contributed by atoms with E-state index in [2.05, 4.69) is 58.2 Å². The minimum absolute atomic E-state index is 0. The second-order valence-electron chi connectivity index (χ2n) is 8.10. The molecule has 0 bridgehead atoms. The quantitative estimate of drug-likeness (QED) is 0.687. The average Bonchev–Trinajstić information content (AvgIpc) is 3.03. The lowest BCUT2D eigenvalue weighted by Crippen LogP contribution is -2.18. The van der Waals surface area contributed by atoms with Gasteiger partial charge in [-0.15, -0.1) is 22.6 Å². The largest absolute Gasteiger partial charge is 0.306 e. The van der Waals surface area contributed by atoms with Crippen LogP contribution in [0.4, 0.5) is 0 Å². The van der Waals surface area contributed by atoms with Gasteiger partial charge in [0.2, 0.25) is 0 Å². The Labute approximate surface area is 177 Å². The molecule has 152 valence electrons. The summed E-state index contributed by atoms with van der Waals surface area (Å²) in [7, 11) is 0. The molecule has 0 unspecified atom stereocenters. The number of rotatable bonds is 2. The van der Waals surface area contributed by atoms with Crippen molar-refractivity contribution < 1.29 is 0 Å². The normalized spacial score (nSPS) is 20.9. The lowest BCUT2D eigenvalue weighted by molar-refractivity contribution is 0.371. The Morgan fingerprint density at radius 1 is 0.897 bits per heavy atom. The van der Waals surface area contributed by atoms with Crippen molar-refractivity contribution in [3.8, 4) is 5.69 Å². The van der Waals surface area contributed by atoms with Crippen LogP contribution in [0.15, 0.2) is 30.3 Å². The summed E-state index contributed by atoms with van der Waals surface area (Å²) in [6.45, 7) is 5.74. The van der Waals surface area contributed by atoms with Crippen molar-refractivity contribution in [3.05, 3.63) is 64.8 Å². The molecule has 1 aliphatic heterocycles. The average molecular weight is 411 g/mol. The number of halogens is 1. The molecule has 5 rings (SSSR count). The van der Waals surface area contributed by atoms with E-state index in [9.17, 15) is 0 Å². The van der Waals surface area contributed by atoms with E-state index in [4.69, 9.17) is 9.97 Å². The van der Waals surface area contributed by atoms with Crippen LogP contribution >= 0.6 is 12.4 Å². The van der Waals surface area contributed by atoms with E-state index < -0.39 is 0 Å². The molecule has 3 heterocycles. The number of aryl methyl sites for hydroxylation is 2. The van der Waals surface area contributed by atoms with Crippen molar-refractivity contribution in [3.63, 3.8) is 0 Å². The Hall–Kier alpha value is -2.31. The van der Waals surface area contributed by atoms with Crippen molar-refractivity contribution in [2.75, 3.05) is 0 Å². The molecule has 2 aliphatic rings. The molecule has 0 amide bonds. The van der Waals surface area contributed by atoms with Crippen LogP contribution in [0.5, 0.6) is 0 Å². The van der Waals surface area contributed by atoms with Gasteiger partial charge < -0.3 is 5.32 Å². The first-order valence-corrected chi connectivity index (χ1v) is 10.2. The monoisotopic (exact) mass is 410 g/mol. The zero-order valence-corrected chi connectivity index (χ0v) is 17.7. The first kappa shape index (κ1) is 20.0. The summed E-state index contributed by atoms with van der Waals surface area (Å²) in [5, 5.41) is 12.6. The summed E-state index contributed by atoms with van der Waals surface area (Å²) < 4.78 is 2.30. The maximum atomic E-state index is 4.71. The van der Waals surface area contributed by atoms with Crippen LogP contribution < -0.4 is 5.32 Å². The molecular weight excluding hydrogens is 384 g/mol. The molecule has 0 saturated heterocycles. The van der Waals surface area contributed by atoms with Crippen LogP contribution in [-0.4, -0.2) is 24.7 Å². The number of aromatic nitrogens is 5. The fourth-order valence-corrected chi connectivity index (χ4v) is 4.70. The summed E-state index contributed by atoms with van der Waals surface area (Å²) in [6.07, 6.45) is 4.43. The van der Waals surface area contributed by atoms with Crippen molar-refractivity contribution in [2.24, 2.45) is 0 Å². The number of para-hydroxylation sites is 1. The molecule has 29 heavy (non-hydrogen) atoms. The van der Waals surface area contributed by atoms with Gasteiger partial charge in [0.1, 0.15) is 11.6 Å². The van der Waals surface area contributed by atoms with Gasteiger partial charge in [-0.05, 0) is 57.2 Å². The van der Waals surface area contributed by atoms with E-state index in [0.717, 1.165) is 67.6 Å². The van der Waals surface area contributed by atoms with E-state index in [1.165, 1.54) is 11.3 Å². The molecule has 3 aromatic rings. The fraction of sp³-hybridized carbons (Fsp3) is 0.455. The lowest BCUT2D eigenvalue weighted by atomic mass is 9.81. The highest BCUT2D eigenvalue weighted by Crippen LogP contribution is 2.40.